The van der Waals surface area contributed by atoms with Crippen LogP contribution in [0.5, 0.6) is 0 Å². The maximum atomic E-state index is 13.4. The summed E-state index contributed by atoms with van der Waals surface area (Å²) in [6, 6.07) is 7.04. The summed E-state index contributed by atoms with van der Waals surface area (Å²) in [4.78, 5) is 0. The topological polar surface area (TPSA) is 0 Å². The van der Waals surface area contributed by atoms with Crippen LogP contribution >= 0.6 is 0 Å². The van der Waals surface area contributed by atoms with E-state index in [-0.39, 0.29) is 5.56 Å². The first-order valence-corrected chi connectivity index (χ1v) is 4.90. The number of aryl methyl sites for hydroxylation is 1. The quantitative estimate of drug-likeness (QED) is 0.397. The van der Waals surface area contributed by atoms with Crippen molar-refractivity contribution in [3.05, 3.63) is 59.2 Å². The highest BCUT2D eigenvalue weighted by Gasteiger charge is 2.19. The fourth-order valence-corrected chi connectivity index (χ4v) is 1.52. The zero-order valence-electron chi connectivity index (χ0n) is 8.90. The van der Waals surface area contributed by atoms with Gasteiger partial charge in [0, 0.05) is 5.56 Å². The Morgan fingerprint density at radius 1 is 0.765 bits per heavy atom. The van der Waals surface area contributed by atoms with Crippen LogP contribution in [0.3, 0.4) is 0 Å². The summed E-state index contributed by atoms with van der Waals surface area (Å²) in [6.07, 6.45) is 0. The van der Waals surface area contributed by atoms with Gasteiger partial charge in [-0.05, 0) is 18.6 Å². The first kappa shape index (κ1) is 11.6. The van der Waals surface area contributed by atoms with Gasteiger partial charge < -0.3 is 0 Å². The van der Waals surface area contributed by atoms with E-state index in [4.69, 9.17) is 0 Å². The Balaban J connectivity index is 2.64. The van der Waals surface area contributed by atoms with Crippen molar-refractivity contribution in [3.8, 4) is 11.1 Å². The molecule has 2 aromatic carbocycles. The maximum Gasteiger partial charge on any atom is 0.198 e. The van der Waals surface area contributed by atoms with E-state index >= 15 is 0 Å². The standard InChI is InChI=1S/C13H8F4/c1-7-2-4-8(5-3-7)9-6-10(14)12(16)13(17)11(9)15/h2-6H,1H3. The van der Waals surface area contributed by atoms with Crippen molar-refractivity contribution in [1.82, 2.24) is 0 Å². The molecule has 0 nitrogen and oxygen atoms in total. The van der Waals surface area contributed by atoms with E-state index in [0.717, 1.165) is 5.56 Å². The van der Waals surface area contributed by atoms with Crippen LogP contribution in [0.15, 0.2) is 30.3 Å². The smallest absolute Gasteiger partial charge is 0.198 e. The van der Waals surface area contributed by atoms with Crippen LogP contribution in [0.4, 0.5) is 17.6 Å². The zero-order valence-corrected chi connectivity index (χ0v) is 8.90. The molecule has 0 unspecified atom stereocenters. The summed E-state index contributed by atoms with van der Waals surface area (Å²) in [5, 5.41) is 0. The van der Waals surface area contributed by atoms with Gasteiger partial charge in [-0.25, -0.2) is 17.6 Å². The van der Waals surface area contributed by atoms with E-state index < -0.39 is 23.3 Å². The molecule has 0 amide bonds. The van der Waals surface area contributed by atoms with E-state index in [0.29, 0.717) is 11.6 Å². The molecule has 17 heavy (non-hydrogen) atoms. The van der Waals surface area contributed by atoms with Crippen LogP contribution in [0.2, 0.25) is 0 Å². The summed E-state index contributed by atoms with van der Waals surface area (Å²) in [7, 11) is 0. The third kappa shape index (κ3) is 2.02. The predicted molar refractivity (Wildman–Crippen MR) is 56.4 cm³/mol. The average Bonchev–Trinajstić information content (AvgIpc) is 2.32. The minimum atomic E-state index is -1.79. The lowest BCUT2D eigenvalue weighted by Gasteiger charge is -2.06. The van der Waals surface area contributed by atoms with Crippen LogP contribution in [-0.2, 0) is 0 Å². The molecule has 88 valence electrons. The Kier molecular flexibility index (Phi) is 2.88. The predicted octanol–water partition coefficient (Wildman–Crippen LogP) is 4.22. The number of rotatable bonds is 1. The summed E-state index contributed by atoms with van der Waals surface area (Å²) >= 11 is 0. The number of hydrogen-bond donors (Lipinski definition) is 0. The second kappa shape index (κ2) is 4.20. The lowest BCUT2D eigenvalue weighted by atomic mass is 10.0. The molecule has 0 aliphatic carbocycles. The molecule has 0 fully saturated rings. The van der Waals surface area contributed by atoms with E-state index in [2.05, 4.69) is 0 Å². The highest BCUT2D eigenvalue weighted by atomic mass is 19.2. The van der Waals surface area contributed by atoms with Crippen LogP contribution in [0.1, 0.15) is 5.56 Å². The first-order valence-electron chi connectivity index (χ1n) is 4.90. The summed E-state index contributed by atoms with van der Waals surface area (Å²) in [5.41, 5.74) is 0.935. The SMILES string of the molecule is Cc1ccc(-c2cc(F)c(F)c(F)c2F)cc1. The Hall–Kier alpha value is -1.84. The molecule has 0 spiro atoms. The molecule has 0 saturated heterocycles. The van der Waals surface area contributed by atoms with Gasteiger partial charge in [0.1, 0.15) is 0 Å². The van der Waals surface area contributed by atoms with Crippen molar-refractivity contribution in [2.24, 2.45) is 0 Å². The molecule has 0 heterocycles. The Labute approximate surface area is 95.5 Å². The average molecular weight is 240 g/mol. The van der Waals surface area contributed by atoms with Gasteiger partial charge in [0.15, 0.2) is 23.3 Å². The second-order valence-corrected chi connectivity index (χ2v) is 3.71. The van der Waals surface area contributed by atoms with Crippen molar-refractivity contribution in [2.75, 3.05) is 0 Å². The lowest BCUT2D eigenvalue weighted by molar-refractivity contribution is 0.411. The largest absolute Gasteiger partial charge is 0.204 e. The minimum absolute atomic E-state index is 0.290. The molecule has 0 bridgehead atoms. The third-order valence-electron chi connectivity index (χ3n) is 2.47. The second-order valence-electron chi connectivity index (χ2n) is 3.71. The van der Waals surface area contributed by atoms with Crippen molar-refractivity contribution in [3.63, 3.8) is 0 Å². The number of benzene rings is 2. The van der Waals surface area contributed by atoms with E-state index in [9.17, 15) is 17.6 Å². The Morgan fingerprint density at radius 3 is 1.94 bits per heavy atom. The monoisotopic (exact) mass is 240 g/mol. The van der Waals surface area contributed by atoms with E-state index in [1.807, 2.05) is 6.92 Å². The van der Waals surface area contributed by atoms with Gasteiger partial charge in [-0.2, -0.15) is 0 Å². The Bertz CT molecular complexity index is 559. The van der Waals surface area contributed by atoms with E-state index in [1.165, 1.54) is 12.1 Å². The van der Waals surface area contributed by atoms with Crippen molar-refractivity contribution < 1.29 is 17.6 Å². The molecule has 0 atom stereocenters. The molecule has 0 aliphatic heterocycles. The van der Waals surface area contributed by atoms with Crippen LogP contribution < -0.4 is 0 Å². The molecule has 4 heteroatoms. The Morgan fingerprint density at radius 2 is 1.35 bits per heavy atom. The van der Waals surface area contributed by atoms with Gasteiger partial charge in [0.25, 0.3) is 0 Å². The fraction of sp³-hybridized carbons (Fsp3) is 0.0769. The minimum Gasteiger partial charge on any atom is -0.204 e. The van der Waals surface area contributed by atoms with Crippen LogP contribution in [0, 0.1) is 30.2 Å². The van der Waals surface area contributed by atoms with Crippen molar-refractivity contribution in [2.45, 2.75) is 6.92 Å². The molecule has 0 saturated carbocycles. The van der Waals surface area contributed by atoms with Gasteiger partial charge in [0.05, 0.1) is 0 Å². The number of halogens is 4. The fourth-order valence-electron chi connectivity index (χ4n) is 1.52. The molecule has 0 radical (unpaired) electrons. The van der Waals surface area contributed by atoms with Gasteiger partial charge in [-0.1, -0.05) is 29.8 Å². The van der Waals surface area contributed by atoms with E-state index in [1.54, 1.807) is 12.1 Å². The van der Waals surface area contributed by atoms with Gasteiger partial charge in [-0.15, -0.1) is 0 Å². The number of hydrogen-bond acceptors (Lipinski definition) is 0. The van der Waals surface area contributed by atoms with Crippen molar-refractivity contribution >= 4 is 0 Å². The highest BCUT2D eigenvalue weighted by molar-refractivity contribution is 5.64. The van der Waals surface area contributed by atoms with Crippen molar-refractivity contribution in [1.29, 1.82) is 0 Å². The van der Waals surface area contributed by atoms with Gasteiger partial charge >= 0.3 is 0 Å². The third-order valence-corrected chi connectivity index (χ3v) is 2.47. The molecule has 2 aromatic rings. The molecule has 0 N–H and O–H groups in total. The van der Waals surface area contributed by atoms with Gasteiger partial charge in [-0.3, -0.25) is 0 Å². The zero-order chi connectivity index (χ0) is 12.6. The molecule has 0 aliphatic rings. The molecular formula is C13H8F4. The first-order chi connectivity index (χ1) is 8.00. The van der Waals surface area contributed by atoms with Gasteiger partial charge in [0.2, 0.25) is 0 Å². The summed E-state index contributed by atoms with van der Waals surface area (Å²) in [5.74, 6) is -6.37. The summed E-state index contributed by atoms with van der Waals surface area (Å²) < 4.78 is 52.2. The van der Waals surface area contributed by atoms with Crippen LogP contribution in [-0.4, -0.2) is 0 Å². The highest BCUT2D eigenvalue weighted by Crippen LogP contribution is 2.27. The van der Waals surface area contributed by atoms with Crippen LogP contribution in [0.25, 0.3) is 11.1 Å². The molecule has 2 rings (SSSR count). The molecule has 0 aromatic heterocycles. The summed E-state index contributed by atoms with van der Waals surface area (Å²) in [6.45, 7) is 1.83. The normalized spacial score (nSPS) is 10.6. The molecular weight excluding hydrogens is 232 g/mol. The lowest BCUT2D eigenvalue weighted by Crippen LogP contribution is -1.98. The maximum absolute atomic E-state index is 13.4.